The minimum Gasteiger partial charge on any atom is -0.497 e. The Bertz CT molecular complexity index is 1610. The van der Waals surface area contributed by atoms with Crippen molar-refractivity contribution >= 4 is 28.5 Å². The summed E-state index contributed by atoms with van der Waals surface area (Å²) in [6.07, 6.45) is -0.205. The molecule has 1 aliphatic rings. The summed E-state index contributed by atoms with van der Waals surface area (Å²) >= 11 is 0. The van der Waals surface area contributed by atoms with Crippen LogP contribution in [0.1, 0.15) is 42.0 Å². The number of aliphatic carboxylic acids is 1. The van der Waals surface area contributed by atoms with E-state index in [2.05, 4.69) is 10.1 Å². The predicted octanol–water partition coefficient (Wildman–Crippen LogP) is 5.05. The Kier molecular flexibility index (Phi) is 6.79. The number of rotatable bonds is 7. The number of hydrogen-bond acceptors (Lipinski definition) is 5. The summed E-state index contributed by atoms with van der Waals surface area (Å²) in [5.41, 5.74) is 4.75. The maximum Gasteiger partial charge on any atom is 0.303 e. The van der Waals surface area contributed by atoms with Gasteiger partial charge in [0.15, 0.2) is 0 Å². The Balaban J connectivity index is 1.68. The van der Waals surface area contributed by atoms with Gasteiger partial charge >= 0.3 is 5.97 Å². The second-order valence-electron chi connectivity index (χ2n) is 9.29. The SMILES string of the molecule is COc1ccc([C@H]2CC(c3c(-c4ccccc4)c4cc(C)ccc4[nH]c3=O)=NN2C(=O)CCC(=O)O)cc1. The van der Waals surface area contributed by atoms with Gasteiger partial charge in [0.25, 0.3) is 5.56 Å². The number of aryl methyl sites for hydroxylation is 1. The molecule has 8 heteroatoms. The number of nitrogens with zero attached hydrogens (tertiary/aromatic N) is 2. The van der Waals surface area contributed by atoms with E-state index < -0.39 is 17.9 Å². The van der Waals surface area contributed by atoms with E-state index in [1.165, 1.54) is 5.01 Å². The molecule has 0 saturated heterocycles. The molecule has 192 valence electrons. The number of ether oxygens (including phenoxy) is 1. The van der Waals surface area contributed by atoms with Crippen LogP contribution in [0.4, 0.5) is 0 Å². The van der Waals surface area contributed by atoms with Crippen molar-refractivity contribution in [1.29, 1.82) is 0 Å². The van der Waals surface area contributed by atoms with E-state index in [-0.39, 0.29) is 18.4 Å². The van der Waals surface area contributed by atoms with Crippen LogP contribution in [0.25, 0.3) is 22.0 Å². The minimum absolute atomic E-state index is 0.197. The number of hydrazone groups is 1. The zero-order valence-electron chi connectivity index (χ0n) is 21.1. The molecule has 0 radical (unpaired) electrons. The van der Waals surface area contributed by atoms with Gasteiger partial charge in [0.05, 0.1) is 30.8 Å². The maximum absolute atomic E-state index is 13.6. The van der Waals surface area contributed by atoms with Gasteiger partial charge in [-0.2, -0.15) is 5.10 Å². The van der Waals surface area contributed by atoms with Crippen molar-refractivity contribution in [3.63, 3.8) is 0 Å². The van der Waals surface area contributed by atoms with Gasteiger partial charge in [-0.3, -0.25) is 14.4 Å². The topological polar surface area (TPSA) is 112 Å². The number of aromatic amines is 1. The number of carboxylic acid groups (broad SMARTS) is 1. The number of pyridine rings is 1. The molecule has 0 bridgehead atoms. The van der Waals surface area contributed by atoms with E-state index >= 15 is 0 Å². The Morgan fingerprint density at radius 3 is 2.45 bits per heavy atom. The molecule has 2 heterocycles. The first-order chi connectivity index (χ1) is 18.4. The number of amides is 1. The number of methoxy groups -OCH3 is 1. The highest BCUT2D eigenvalue weighted by Crippen LogP contribution is 2.37. The number of aromatic nitrogens is 1. The van der Waals surface area contributed by atoms with Crippen molar-refractivity contribution in [3.8, 4) is 16.9 Å². The van der Waals surface area contributed by atoms with Crippen molar-refractivity contribution in [2.24, 2.45) is 5.10 Å². The first-order valence-electron chi connectivity index (χ1n) is 12.3. The van der Waals surface area contributed by atoms with Gasteiger partial charge in [0, 0.05) is 29.3 Å². The van der Waals surface area contributed by atoms with Crippen LogP contribution >= 0.6 is 0 Å². The Morgan fingerprint density at radius 2 is 1.76 bits per heavy atom. The molecule has 0 fully saturated rings. The molecule has 4 aromatic rings. The summed E-state index contributed by atoms with van der Waals surface area (Å²) in [5, 5.41) is 16.0. The molecule has 2 N–H and O–H groups in total. The molecule has 1 aromatic heterocycles. The van der Waals surface area contributed by atoms with Crippen molar-refractivity contribution in [1.82, 2.24) is 9.99 Å². The number of carboxylic acids is 1. The van der Waals surface area contributed by atoms with Gasteiger partial charge in [-0.25, -0.2) is 5.01 Å². The first kappa shape index (κ1) is 25.0. The largest absolute Gasteiger partial charge is 0.497 e. The molecule has 0 spiro atoms. The number of hydrogen-bond donors (Lipinski definition) is 2. The average molecular weight is 510 g/mol. The summed E-state index contributed by atoms with van der Waals surface area (Å²) in [6, 6.07) is 22.3. The lowest BCUT2D eigenvalue weighted by Crippen LogP contribution is -2.27. The third-order valence-electron chi connectivity index (χ3n) is 6.74. The number of benzene rings is 3. The van der Waals surface area contributed by atoms with E-state index in [1.807, 2.05) is 67.6 Å². The molecule has 1 atom stereocenters. The molecular weight excluding hydrogens is 482 g/mol. The normalized spacial score (nSPS) is 14.9. The highest BCUT2D eigenvalue weighted by Gasteiger charge is 2.35. The lowest BCUT2D eigenvalue weighted by Gasteiger charge is -2.22. The summed E-state index contributed by atoms with van der Waals surface area (Å²) in [5.74, 6) is -0.808. The van der Waals surface area contributed by atoms with Crippen LogP contribution in [0.15, 0.2) is 82.7 Å². The second-order valence-corrected chi connectivity index (χ2v) is 9.29. The van der Waals surface area contributed by atoms with Crippen LogP contribution in [0.3, 0.4) is 0 Å². The third-order valence-corrected chi connectivity index (χ3v) is 6.74. The van der Waals surface area contributed by atoms with Crippen LogP contribution in [0, 0.1) is 6.92 Å². The smallest absolute Gasteiger partial charge is 0.303 e. The summed E-state index contributed by atoms with van der Waals surface area (Å²) in [4.78, 5) is 40.9. The van der Waals surface area contributed by atoms with E-state index in [0.717, 1.165) is 27.6 Å². The minimum atomic E-state index is -1.06. The monoisotopic (exact) mass is 509 g/mol. The second kappa shape index (κ2) is 10.3. The average Bonchev–Trinajstić information content (AvgIpc) is 3.37. The number of carbonyl (C=O) groups excluding carboxylic acids is 1. The van der Waals surface area contributed by atoms with E-state index in [9.17, 15) is 14.4 Å². The summed E-state index contributed by atoms with van der Waals surface area (Å²) in [6.45, 7) is 1.99. The Morgan fingerprint density at radius 1 is 1.03 bits per heavy atom. The maximum atomic E-state index is 13.6. The van der Waals surface area contributed by atoms with Crippen molar-refractivity contribution in [2.75, 3.05) is 7.11 Å². The van der Waals surface area contributed by atoms with Crippen molar-refractivity contribution < 1.29 is 19.4 Å². The highest BCUT2D eigenvalue weighted by molar-refractivity contribution is 6.13. The van der Waals surface area contributed by atoms with E-state index in [0.29, 0.717) is 29.0 Å². The van der Waals surface area contributed by atoms with Crippen molar-refractivity contribution in [2.45, 2.75) is 32.2 Å². The summed E-state index contributed by atoms with van der Waals surface area (Å²) < 4.78 is 5.27. The van der Waals surface area contributed by atoms with Gasteiger partial charge in [-0.15, -0.1) is 0 Å². The fourth-order valence-corrected chi connectivity index (χ4v) is 4.89. The molecule has 1 amide bonds. The van der Waals surface area contributed by atoms with Gasteiger partial charge in [-0.05, 0) is 42.3 Å². The van der Waals surface area contributed by atoms with E-state index in [4.69, 9.17) is 9.84 Å². The molecule has 0 unspecified atom stereocenters. The Labute approximate surface area is 219 Å². The highest BCUT2D eigenvalue weighted by atomic mass is 16.5. The third kappa shape index (κ3) is 4.80. The van der Waals surface area contributed by atoms with Gasteiger partial charge in [-0.1, -0.05) is 54.1 Å². The zero-order valence-corrected chi connectivity index (χ0v) is 21.1. The molecule has 0 saturated carbocycles. The van der Waals surface area contributed by atoms with Crippen LogP contribution in [-0.2, 0) is 9.59 Å². The molecule has 3 aromatic carbocycles. The zero-order chi connectivity index (χ0) is 26.8. The molecule has 5 rings (SSSR count). The van der Waals surface area contributed by atoms with Crippen LogP contribution < -0.4 is 10.3 Å². The molecular formula is C30H27N3O5. The lowest BCUT2D eigenvalue weighted by atomic mass is 9.90. The fourth-order valence-electron chi connectivity index (χ4n) is 4.89. The number of carbonyl (C=O) groups is 2. The summed E-state index contributed by atoms with van der Waals surface area (Å²) in [7, 11) is 1.58. The molecule has 1 aliphatic heterocycles. The molecule has 0 aliphatic carbocycles. The number of H-pyrrole nitrogens is 1. The standard InChI is InChI=1S/C30H27N3O5/c1-18-8-13-23-22(16-18)28(20-6-4-3-5-7-20)29(30(37)31-23)24-17-25(19-9-11-21(38-2)12-10-19)33(32-24)26(34)14-15-27(35)36/h3-13,16,25H,14-15,17H2,1-2H3,(H,31,37)(H,35,36)/t25-/m1/s1. The number of fused-ring (bicyclic) bond motifs is 1. The van der Waals surface area contributed by atoms with Crippen LogP contribution in [0.2, 0.25) is 0 Å². The van der Waals surface area contributed by atoms with Gasteiger partial charge in [0.1, 0.15) is 5.75 Å². The Hall–Kier alpha value is -4.72. The van der Waals surface area contributed by atoms with Crippen LogP contribution in [-0.4, -0.2) is 39.8 Å². The van der Waals surface area contributed by atoms with Crippen molar-refractivity contribution in [3.05, 3.63) is 99.8 Å². The fraction of sp³-hybridized carbons (Fsp3) is 0.200. The van der Waals surface area contributed by atoms with Gasteiger partial charge in [0.2, 0.25) is 5.91 Å². The quantitative estimate of drug-likeness (QED) is 0.362. The van der Waals surface area contributed by atoms with E-state index in [1.54, 1.807) is 19.2 Å². The lowest BCUT2D eigenvalue weighted by molar-refractivity contribution is -0.141. The number of nitrogens with one attached hydrogen (secondary N) is 1. The van der Waals surface area contributed by atoms with Gasteiger partial charge < -0.3 is 14.8 Å². The predicted molar refractivity (Wildman–Crippen MR) is 145 cm³/mol. The first-order valence-corrected chi connectivity index (χ1v) is 12.3. The molecule has 8 nitrogen and oxygen atoms in total. The molecule has 38 heavy (non-hydrogen) atoms. The van der Waals surface area contributed by atoms with Crippen LogP contribution in [0.5, 0.6) is 5.75 Å².